The number of hydrogen-bond acceptors (Lipinski definition) is 4. The number of hydrogen-bond donors (Lipinski definition) is 2. The zero-order valence-corrected chi connectivity index (χ0v) is 15.1. The van der Waals surface area contributed by atoms with E-state index in [0.29, 0.717) is 6.61 Å². The number of rotatable bonds is 3. The van der Waals surface area contributed by atoms with Crippen LogP contribution in [0.1, 0.15) is 6.42 Å². The van der Waals surface area contributed by atoms with Gasteiger partial charge in [0.1, 0.15) is 0 Å². The van der Waals surface area contributed by atoms with Gasteiger partial charge in [0.2, 0.25) is 0 Å². The number of ether oxygens (including phenoxy) is 1. The Kier molecular flexibility index (Phi) is 8.00. The van der Waals surface area contributed by atoms with E-state index in [0.717, 1.165) is 0 Å². The summed E-state index contributed by atoms with van der Waals surface area (Å²) in [7, 11) is 6.70. The van der Waals surface area contributed by atoms with Crippen molar-refractivity contribution >= 4 is 78.7 Å². The Bertz CT molecular complexity index is 386. The Hall–Kier alpha value is 2.41. The van der Waals surface area contributed by atoms with E-state index in [1.54, 1.807) is 0 Å². The second-order valence-electron chi connectivity index (χ2n) is 2.62. The van der Waals surface area contributed by atoms with Crippen molar-refractivity contribution < 1.29 is 17.9 Å². The molecule has 1 aliphatic rings. The van der Waals surface area contributed by atoms with Crippen molar-refractivity contribution in [2.24, 2.45) is 0 Å². The quantitative estimate of drug-likeness (QED) is 0.261. The summed E-state index contributed by atoms with van der Waals surface area (Å²) in [4.78, 5) is 11.1. The fraction of sp³-hybridized carbons (Fsp3) is 0.800. The van der Waals surface area contributed by atoms with E-state index in [2.05, 4.69) is 58.0 Å². The minimum atomic E-state index is -0.822. The van der Waals surface area contributed by atoms with Crippen molar-refractivity contribution in [3.05, 3.63) is 0 Å². The maximum absolute atomic E-state index is 11.1. The molecule has 15 heavy (non-hydrogen) atoms. The van der Waals surface area contributed by atoms with Crippen LogP contribution < -0.4 is 0 Å². The third-order valence-electron chi connectivity index (χ3n) is 1.63. The van der Waals surface area contributed by atoms with Gasteiger partial charge in [0.15, 0.2) is 0 Å². The molecule has 10 heteroatoms. The molecule has 1 fully saturated rings. The van der Waals surface area contributed by atoms with Crippen molar-refractivity contribution in [3.8, 4) is 0 Å². The predicted molar refractivity (Wildman–Crippen MR) is 85.2 cm³/mol. The van der Waals surface area contributed by atoms with Crippen molar-refractivity contribution in [2.45, 2.75) is 18.6 Å². The first-order valence-electron chi connectivity index (χ1n) is 3.77. The summed E-state index contributed by atoms with van der Waals surface area (Å²) in [6.07, 6.45) is -0.281. The van der Waals surface area contributed by atoms with Crippen LogP contribution in [-0.2, 0) is 17.9 Å². The molecule has 4 atom stereocenters. The molecule has 0 radical (unpaired) electrons. The molecule has 1 rings (SSSR count). The molecular formula is C5H8I2O4P2S2. The molecule has 2 unspecified atom stereocenters. The number of esters is 1. The molecule has 88 valence electrons. The third-order valence-corrected chi connectivity index (χ3v) is 4.59. The fourth-order valence-corrected chi connectivity index (χ4v) is 3.71. The Labute approximate surface area is 120 Å². The average Bonchev–Trinajstić information content (AvgIpc) is 2.41. The number of cyclic esters (lactones) is 1. The van der Waals surface area contributed by atoms with Crippen LogP contribution in [-0.4, -0.2) is 24.8 Å². The van der Waals surface area contributed by atoms with Crippen LogP contribution in [0.5, 0.6) is 0 Å². The second-order valence-corrected chi connectivity index (χ2v) is 16.0. The van der Waals surface area contributed by atoms with Crippen LogP contribution in [0.25, 0.3) is 0 Å². The van der Waals surface area contributed by atoms with Gasteiger partial charge in [-0.1, -0.05) is 0 Å². The van der Waals surface area contributed by atoms with Crippen molar-refractivity contribution in [1.82, 2.24) is 0 Å². The van der Waals surface area contributed by atoms with Crippen molar-refractivity contribution in [1.29, 1.82) is 0 Å². The van der Waals surface area contributed by atoms with Crippen molar-refractivity contribution in [3.63, 3.8) is 0 Å². The molecule has 0 N–H and O–H groups in total. The molecular weight excluding hydrogens is 504 g/mol. The maximum atomic E-state index is 11.1. The van der Waals surface area contributed by atoms with Crippen LogP contribution in [0.15, 0.2) is 0 Å². The van der Waals surface area contributed by atoms with Gasteiger partial charge in [-0.25, -0.2) is 0 Å². The van der Waals surface area contributed by atoms with Crippen molar-refractivity contribution in [2.75, 3.05) is 6.61 Å². The minimum absolute atomic E-state index is 0.238. The molecule has 1 heterocycles. The SMILES string of the molecule is O=C1C[C@H](O[SH](#P)I)[C@@H](CO[SH](#P)I)O1. The summed E-state index contributed by atoms with van der Waals surface area (Å²) in [6, 6.07) is 0. The van der Waals surface area contributed by atoms with Gasteiger partial charge in [-0.15, -0.1) is 0 Å². The molecule has 4 nitrogen and oxygen atoms in total. The first-order valence-corrected chi connectivity index (χ1v) is 14.2. The molecule has 0 aromatic heterocycles. The second kappa shape index (κ2) is 7.76. The fourth-order valence-electron chi connectivity index (χ4n) is 1.08. The number of carbonyl (C=O) groups excluding carboxylic acids is 1. The van der Waals surface area contributed by atoms with Gasteiger partial charge >= 0.3 is 122 Å². The Morgan fingerprint density at radius 3 is 2.67 bits per heavy atom. The van der Waals surface area contributed by atoms with Gasteiger partial charge < -0.3 is 0 Å². The third kappa shape index (κ3) is 6.22. The van der Waals surface area contributed by atoms with Gasteiger partial charge in [0.25, 0.3) is 0 Å². The molecule has 0 aliphatic carbocycles. The topological polar surface area (TPSA) is 44.8 Å². The molecule has 0 bridgehead atoms. The standard InChI is InChI=1S/C5H8I2O4P2S2/c6-14(12)9-2-4-3(11-15(7)13)1-5(8)10-4/h3-4,14-15H,1-2H2/t3-,4+/m0/s1. The Morgan fingerprint density at radius 1 is 1.47 bits per heavy atom. The summed E-state index contributed by atoms with van der Waals surface area (Å²) in [6.45, 7) is 0.335. The van der Waals surface area contributed by atoms with E-state index in [1.807, 2.05) is 0 Å². The molecule has 1 aliphatic heterocycles. The number of thiol groups is 2. The van der Waals surface area contributed by atoms with Gasteiger partial charge in [0.05, 0.1) is 0 Å². The zero-order valence-electron chi connectivity index (χ0n) is 7.25. The Balaban J connectivity index is 2.51. The molecule has 0 amide bonds. The number of halogens is 2. The summed E-state index contributed by atoms with van der Waals surface area (Å²) in [5.41, 5.74) is 0. The van der Waals surface area contributed by atoms with Gasteiger partial charge in [-0.3, -0.25) is 0 Å². The van der Waals surface area contributed by atoms with E-state index >= 15 is 0 Å². The van der Waals surface area contributed by atoms with E-state index in [9.17, 15) is 4.79 Å². The van der Waals surface area contributed by atoms with Crippen LogP contribution >= 0.6 is 72.7 Å². The number of carbonyl (C=O) groups is 1. The van der Waals surface area contributed by atoms with E-state index in [1.165, 1.54) is 0 Å². The summed E-state index contributed by atoms with van der Waals surface area (Å²) in [5, 5.41) is 0. The monoisotopic (exact) mass is 512 g/mol. The van der Waals surface area contributed by atoms with Crippen LogP contribution in [0.4, 0.5) is 0 Å². The molecule has 1 saturated heterocycles. The summed E-state index contributed by atoms with van der Waals surface area (Å²) >= 11 is 4.16. The normalized spacial score (nSPS) is 29.7. The van der Waals surface area contributed by atoms with Gasteiger partial charge in [-0.2, -0.15) is 0 Å². The van der Waals surface area contributed by atoms with Crippen LogP contribution in [0.3, 0.4) is 0 Å². The molecule has 0 aromatic rings. The van der Waals surface area contributed by atoms with Crippen LogP contribution in [0.2, 0.25) is 0 Å². The molecule has 0 aromatic carbocycles. The molecule has 0 saturated carbocycles. The first-order chi connectivity index (χ1) is 6.99. The summed E-state index contributed by atoms with van der Waals surface area (Å²) < 4.78 is 15.9. The Morgan fingerprint density at radius 2 is 2.13 bits per heavy atom. The average molecular weight is 512 g/mol. The van der Waals surface area contributed by atoms with E-state index < -0.39 is 14.6 Å². The molecule has 0 spiro atoms. The first kappa shape index (κ1) is 15.5. The van der Waals surface area contributed by atoms with E-state index in [4.69, 9.17) is 13.1 Å². The van der Waals surface area contributed by atoms with Gasteiger partial charge in [0, 0.05) is 0 Å². The zero-order chi connectivity index (χ0) is 11.4. The van der Waals surface area contributed by atoms with Crippen LogP contribution in [0, 0.1) is 0 Å². The predicted octanol–water partition coefficient (Wildman–Crippen LogP) is 3.89. The van der Waals surface area contributed by atoms with Gasteiger partial charge in [-0.05, 0) is 0 Å². The summed E-state index contributed by atoms with van der Waals surface area (Å²) in [5.74, 6) is -0.243. The van der Waals surface area contributed by atoms with E-state index in [-0.39, 0.29) is 24.6 Å².